The zero-order valence-electron chi connectivity index (χ0n) is 35.6. The molecule has 0 N–H and O–H groups in total. The molecule has 2 heteroatoms. The Balaban J connectivity index is 1.10. The third-order valence-electron chi connectivity index (χ3n) is 14.9. The molecule has 1 heterocycles. The van der Waals surface area contributed by atoms with Crippen molar-refractivity contribution in [2.24, 2.45) is 0 Å². The summed E-state index contributed by atoms with van der Waals surface area (Å²) in [5.41, 5.74) is 22.6. The second-order valence-corrected chi connectivity index (χ2v) is 18.3. The summed E-state index contributed by atoms with van der Waals surface area (Å²) in [5.74, 6) is 0. The first-order valence-corrected chi connectivity index (χ1v) is 22.4. The summed E-state index contributed by atoms with van der Waals surface area (Å²) in [6.45, 7) is 4.75. The van der Waals surface area contributed by atoms with Gasteiger partial charge in [0.1, 0.15) is 11.2 Å². The lowest BCUT2D eigenvalue weighted by molar-refractivity contribution is 0.660. The average Bonchev–Trinajstić information content (AvgIpc) is 4.04. The molecule has 2 nitrogen and oxygen atoms in total. The molecule has 0 bridgehead atoms. The van der Waals surface area contributed by atoms with Crippen LogP contribution < -0.4 is 4.90 Å². The zero-order chi connectivity index (χ0) is 42.3. The van der Waals surface area contributed by atoms with Crippen molar-refractivity contribution in [1.29, 1.82) is 0 Å². The minimum Gasteiger partial charge on any atom is -0.456 e. The normalized spacial score (nSPS) is 14.3. The van der Waals surface area contributed by atoms with E-state index in [0.29, 0.717) is 0 Å². The molecule has 0 saturated carbocycles. The number of furan rings is 1. The number of hydrogen-bond donors (Lipinski definition) is 0. The molecule has 1 spiro atoms. The molecule has 3 aliphatic carbocycles. The van der Waals surface area contributed by atoms with Gasteiger partial charge in [0.2, 0.25) is 0 Å². The van der Waals surface area contributed by atoms with Crippen molar-refractivity contribution in [3.8, 4) is 44.5 Å². The van der Waals surface area contributed by atoms with Crippen LogP contribution in [0.3, 0.4) is 0 Å². The third-order valence-corrected chi connectivity index (χ3v) is 14.9. The highest BCUT2D eigenvalue weighted by molar-refractivity contribution is 6.24. The molecule has 1 aromatic heterocycles. The van der Waals surface area contributed by atoms with Crippen molar-refractivity contribution >= 4 is 49.8 Å². The fourth-order valence-electron chi connectivity index (χ4n) is 12.2. The summed E-state index contributed by atoms with van der Waals surface area (Å²) in [4.78, 5) is 2.54. The highest BCUT2D eigenvalue weighted by Crippen LogP contribution is 2.64. The number of fused-ring (bicyclic) bond motifs is 18. The Morgan fingerprint density at radius 1 is 0.375 bits per heavy atom. The minimum atomic E-state index is -0.478. The van der Waals surface area contributed by atoms with Gasteiger partial charge < -0.3 is 9.32 Å². The predicted molar refractivity (Wildman–Crippen MR) is 265 cm³/mol. The zero-order valence-corrected chi connectivity index (χ0v) is 35.6. The van der Waals surface area contributed by atoms with Crippen LogP contribution in [0.1, 0.15) is 47.2 Å². The monoisotopic (exact) mass is 815 g/mol. The molecule has 0 amide bonds. The van der Waals surface area contributed by atoms with Crippen LogP contribution in [-0.2, 0) is 10.8 Å². The molecule has 0 fully saturated rings. The minimum absolute atomic E-state index is 0.180. The molecule has 3 aliphatic rings. The molecule has 300 valence electrons. The smallest absolute Gasteiger partial charge is 0.136 e. The van der Waals surface area contributed by atoms with Crippen molar-refractivity contribution in [3.63, 3.8) is 0 Å². The molecule has 0 radical (unpaired) electrons. The molecule has 14 rings (SSSR count). The van der Waals surface area contributed by atoms with Crippen LogP contribution in [0, 0.1) is 0 Å². The van der Waals surface area contributed by atoms with E-state index in [1.807, 2.05) is 0 Å². The van der Waals surface area contributed by atoms with E-state index in [1.54, 1.807) is 0 Å². The van der Waals surface area contributed by atoms with Crippen molar-refractivity contribution in [3.05, 3.63) is 246 Å². The summed E-state index contributed by atoms with van der Waals surface area (Å²) in [5, 5.41) is 4.65. The molecule has 11 aromatic rings. The standard InChI is InChI=1S/C62H41NO/c1-61(2)49-24-12-8-20-43(49)47-31-29-40(36-53(47)61)63(55-33-35-57-60(58(55)39-17-4-3-5-18-39)59-42-19-7-6-16-38(42)28-34-56(59)64-57)41-30-32-48-46-23-11-15-27-52(46)62(54(48)37-41)50-25-13-9-21-44(50)45-22-10-14-26-51(45)62/h3-37H,1-2H3. The molecule has 10 aromatic carbocycles. The van der Waals surface area contributed by atoms with E-state index in [9.17, 15) is 0 Å². The van der Waals surface area contributed by atoms with Gasteiger partial charge >= 0.3 is 0 Å². The topological polar surface area (TPSA) is 16.4 Å². The van der Waals surface area contributed by atoms with Gasteiger partial charge in [-0.2, -0.15) is 0 Å². The summed E-state index contributed by atoms with van der Waals surface area (Å²) in [6, 6.07) is 79.0. The Bertz CT molecular complexity index is 3710. The van der Waals surface area contributed by atoms with Gasteiger partial charge in [-0.05, 0) is 126 Å². The largest absolute Gasteiger partial charge is 0.456 e. The van der Waals surface area contributed by atoms with E-state index in [4.69, 9.17) is 4.42 Å². The first kappa shape index (κ1) is 35.6. The van der Waals surface area contributed by atoms with Crippen molar-refractivity contribution in [2.75, 3.05) is 4.90 Å². The fraction of sp³-hybridized carbons (Fsp3) is 0.0645. The first-order valence-electron chi connectivity index (χ1n) is 22.4. The number of hydrogen-bond acceptors (Lipinski definition) is 2. The number of nitrogens with zero attached hydrogens (tertiary/aromatic N) is 1. The number of benzene rings is 10. The second kappa shape index (κ2) is 12.8. The van der Waals surface area contributed by atoms with Gasteiger partial charge in [0.15, 0.2) is 0 Å². The van der Waals surface area contributed by atoms with E-state index in [0.717, 1.165) is 50.1 Å². The van der Waals surface area contributed by atoms with Crippen molar-refractivity contribution in [2.45, 2.75) is 24.7 Å². The van der Waals surface area contributed by atoms with E-state index < -0.39 is 5.41 Å². The SMILES string of the molecule is CC1(C)c2ccccc2-c2ccc(N(c3ccc4c(c3)C3(c5ccccc5-c5ccccc53)c3ccccc3-4)c3ccc4oc5ccc6ccccc6c5c4c3-c3ccccc3)cc21. The van der Waals surface area contributed by atoms with Crippen LogP contribution in [0.25, 0.3) is 77.2 Å². The Hall–Kier alpha value is -7.94. The summed E-state index contributed by atoms with van der Waals surface area (Å²) in [7, 11) is 0. The second-order valence-electron chi connectivity index (χ2n) is 18.3. The summed E-state index contributed by atoms with van der Waals surface area (Å²) < 4.78 is 6.80. The maximum Gasteiger partial charge on any atom is 0.136 e. The highest BCUT2D eigenvalue weighted by Gasteiger charge is 2.51. The Morgan fingerprint density at radius 3 is 1.52 bits per heavy atom. The average molecular weight is 816 g/mol. The molecule has 64 heavy (non-hydrogen) atoms. The van der Waals surface area contributed by atoms with E-state index in [1.165, 1.54) is 77.5 Å². The summed E-state index contributed by atoms with van der Waals surface area (Å²) in [6.07, 6.45) is 0. The molecule has 0 saturated heterocycles. The van der Waals surface area contributed by atoms with Gasteiger partial charge in [0, 0.05) is 33.1 Å². The van der Waals surface area contributed by atoms with Crippen molar-refractivity contribution in [1.82, 2.24) is 0 Å². The van der Waals surface area contributed by atoms with E-state index in [-0.39, 0.29) is 5.41 Å². The molecular formula is C62H41NO. The number of rotatable bonds is 4. The Morgan fingerprint density at radius 2 is 0.859 bits per heavy atom. The van der Waals surface area contributed by atoms with Crippen LogP contribution in [0.15, 0.2) is 217 Å². The molecule has 0 aliphatic heterocycles. The lowest BCUT2D eigenvalue weighted by Gasteiger charge is -2.33. The van der Waals surface area contributed by atoms with E-state index >= 15 is 0 Å². The van der Waals surface area contributed by atoms with Crippen LogP contribution in [-0.4, -0.2) is 0 Å². The maximum absolute atomic E-state index is 6.80. The number of anilines is 3. The first-order chi connectivity index (χ1) is 31.5. The fourth-order valence-corrected chi connectivity index (χ4v) is 12.2. The Labute approximate surface area is 372 Å². The van der Waals surface area contributed by atoms with Gasteiger partial charge in [0.25, 0.3) is 0 Å². The van der Waals surface area contributed by atoms with Gasteiger partial charge in [-0.1, -0.05) is 184 Å². The van der Waals surface area contributed by atoms with Gasteiger partial charge in [-0.15, -0.1) is 0 Å². The van der Waals surface area contributed by atoms with E-state index in [2.05, 4.69) is 231 Å². The van der Waals surface area contributed by atoms with Gasteiger partial charge in [0.05, 0.1) is 11.1 Å². The van der Waals surface area contributed by atoms with Crippen LogP contribution in [0.5, 0.6) is 0 Å². The van der Waals surface area contributed by atoms with Gasteiger partial charge in [-0.25, -0.2) is 0 Å². The molecule has 0 unspecified atom stereocenters. The third kappa shape index (κ3) is 4.54. The lowest BCUT2D eigenvalue weighted by Crippen LogP contribution is -2.26. The van der Waals surface area contributed by atoms with Gasteiger partial charge in [-0.3, -0.25) is 0 Å². The quantitative estimate of drug-likeness (QED) is 0.176. The summed E-state index contributed by atoms with van der Waals surface area (Å²) >= 11 is 0. The van der Waals surface area contributed by atoms with Crippen LogP contribution in [0.2, 0.25) is 0 Å². The lowest BCUT2D eigenvalue weighted by atomic mass is 9.70. The predicted octanol–water partition coefficient (Wildman–Crippen LogP) is 16.5. The maximum atomic E-state index is 6.80. The van der Waals surface area contributed by atoms with Crippen LogP contribution in [0.4, 0.5) is 17.1 Å². The molecule has 0 atom stereocenters. The van der Waals surface area contributed by atoms with Crippen molar-refractivity contribution < 1.29 is 4.42 Å². The van der Waals surface area contributed by atoms with Crippen LogP contribution >= 0.6 is 0 Å². The molecular weight excluding hydrogens is 775 g/mol. The highest BCUT2D eigenvalue weighted by atomic mass is 16.3. The Kier molecular flexibility index (Phi) is 7.13.